The van der Waals surface area contributed by atoms with Crippen molar-refractivity contribution in [2.24, 2.45) is 0 Å². The summed E-state index contributed by atoms with van der Waals surface area (Å²) < 4.78 is 11.9. The zero-order chi connectivity index (χ0) is 19.9. The second-order valence-electron chi connectivity index (χ2n) is 7.08. The molecule has 0 amide bonds. The molecular formula is C25H29NO2. The first kappa shape index (κ1) is 19.8. The van der Waals surface area contributed by atoms with E-state index in [0.717, 1.165) is 29.3 Å². The zero-order valence-electron chi connectivity index (χ0n) is 17.2. The van der Waals surface area contributed by atoms with Gasteiger partial charge in [-0.3, -0.25) is 0 Å². The molecule has 0 aromatic heterocycles. The second-order valence-corrected chi connectivity index (χ2v) is 7.08. The summed E-state index contributed by atoms with van der Waals surface area (Å²) in [6, 6.07) is 20.9. The van der Waals surface area contributed by atoms with Crippen molar-refractivity contribution in [3.8, 4) is 11.5 Å². The van der Waals surface area contributed by atoms with Crippen LogP contribution in [0, 0.1) is 20.8 Å². The summed E-state index contributed by atoms with van der Waals surface area (Å²) in [6.45, 7) is 10.2. The number of aryl methyl sites for hydroxylation is 3. The SMILES string of the molecule is CCOc1cc(CNc2ccc(C)c(C)c2)ccc1OCc1ccccc1C. The van der Waals surface area contributed by atoms with E-state index in [9.17, 15) is 0 Å². The third-order valence-corrected chi connectivity index (χ3v) is 4.96. The molecule has 0 aliphatic heterocycles. The Morgan fingerprint density at radius 2 is 1.57 bits per heavy atom. The summed E-state index contributed by atoms with van der Waals surface area (Å²) in [4.78, 5) is 0. The van der Waals surface area contributed by atoms with Crippen LogP contribution in [0.1, 0.15) is 34.7 Å². The Labute approximate surface area is 168 Å². The first-order chi connectivity index (χ1) is 13.6. The van der Waals surface area contributed by atoms with Crippen LogP contribution >= 0.6 is 0 Å². The van der Waals surface area contributed by atoms with Gasteiger partial charge in [-0.25, -0.2) is 0 Å². The van der Waals surface area contributed by atoms with Crippen LogP contribution in [0.5, 0.6) is 11.5 Å². The van der Waals surface area contributed by atoms with E-state index < -0.39 is 0 Å². The summed E-state index contributed by atoms with van der Waals surface area (Å²) in [5.74, 6) is 1.57. The van der Waals surface area contributed by atoms with E-state index in [4.69, 9.17) is 9.47 Å². The molecule has 0 atom stereocenters. The normalized spacial score (nSPS) is 10.6. The fourth-order valence-corrected chi connectivity index (χ4v) is 3.03. The van der Waals surface area contributed by atoms with Gasteiger partial charge in [0.25, 0.3) is 0 Å². The molecule has 1 N–H and O–H groups in total. The van der Waals surface area contributed by atoms with Crippen molar-refractivity contribution in [3.63, 3.8) is 0 Å². The van der Waals surface area contributed by atoms with E-state index in [1.165, 1.54) is 22.3 Å². The molecule has 3 rings (SSSR count). The minimum absolute atomic E-state index is 0.535. The quantitative estimate of drug-likeness (QED) is 0.508. The summed E-state index contributed by atoms with van der Waals surface area (Å²) in [5, 5.41) is 3.49. The number of nitrogens with one attached hydrogen (secondary N) is 1. The maximum Gasteiger partial charge on any atom is 0.161 e. The van der Waals surface area contributed by atoms with Gasteiger partial charge in [-0.15, -0.1) is 0 Å². The average molecular weight is 376 g/mol. The fourth-order valence-electron chi connectivity index (χ4n) is 3.03. The molecule has 0 unspecified atom stereocenters. The molecule has 0 fully saturated rings. The van der Waals surface area contributed by atoms with Crippen molar-refractivity contribution in [2.75, 3.05) is 11.9 Å². The van der Waals surface area contributed by atoms with Gasteiger partial charge in [0.2, 0.25) is 0 Å². The van der Waals surface area contributed by atoms with E-state index in [1.807, 2.05) is 25.1 Å². The van der Waals surface area contributed by atoms with Gasteiger partial charge in [-0.05, 0) is 79.8 Å². The number of benzene rings is 3. The third-order valence-electron chi connectivity index (χ3n) is 4.96. The van der Waals surface area contributed by atoms with Crippen molar-refractivity contribution in [1.29, 1.82) is 0 Å². The summed E-state index contributed by atoms with van der Waals surface area (Å²) in [6.07, 6.45) is 0. The van der Waals surface area contributed by atoms with Crippen LogP contribution in [-0.2, 0) is 13.2 Å². The lowest BCUT2D eigenvalue weighted by Gasteiger charge is -2.15. The van der Waals surface area contributed by atoms with Gasteiger partial charge in [0.1, 0.15) is 6.61 Å². The van der Waals surface area contributed by atoms with Crippen LogP contribution in [0.3, 0.4) is 0 Å². The predicted octanol–water partition coefficient (Wildman–Crippen LogP) is 6.20. The minimum Gasteiger partial charge on any atom is -0.490 e. The molecule has 0 aliphatic rings. The average Bonchev–Trinajstić information content (AvgIpc) is 2.69. The second kappa shape index (κ2) is 9.32. The van der Waals surface area contributed by atoms with Gasteiger partial charge < -0.3 is 14.8 Å². The number of hydrogen-bond donors (Lipinski definition) is 1. The number of rotatable bonds is 8. The lowest BCUT2D eigenvalue weighted by atomic mass is 10.1. The molecular weight excluding hydrogens is 346 g/mol. The summed E-state index contributed by atoms with van der Waals surface area (Å²) in [7, 11) is 0. The summed E-state index contributed by atoms with van der Waals surface area (Å²) in [5.41, 5.74) is 7.30. The van der Waals surface area contributed by atoms with Crippen molar-refractivity contribution in [1.82, 2.24) is 0 Å². The molecule has 0 saturated heterocycles. The minimum atomic E-state index is 0.535. The van der Waals surface area contributed by atoms with Crippen LogP contribution in [0.25, 0.3) is 0 Å². The number of ether oxygens (including phenoxy) is 2. The van der Waals surface area contributed by atoms with E-state index in [-0.39, 0.29) is 0 Å². The van der Waals surface area contributed by atoms with Crippen molar-refractivity contribution in [2.45, 2.75) is 40.8 Å². The van der Waals surface area contributed by atoms with Gasteiger partial charge >= 0.3 is 0 Å². The molecule has 3 nitrogen and oxygen atoms in total. The smallest absolute Gasteiger partial charge is 0.161 e. The zero-order valence-corrected chi connectivity index (χ0v) is 17.2. The van der Waals surface area contributed by atoms with Gasteiger partial charge in [0.15, 0.2) is 11.5 Å². The van der Waals surface area contributed by atoms with Crippen molar-refractivity contribution in [3.05, 3.63) is 88.5 Å². The number of anilines is 1. The predicted molar refractivity (Wildman–Crippen MR) is 116 cm³/mol. The van der Waals surface area contributed by atoms with Crippen molar-refractivity contribution >= 4 is 5.69 Å². The maximum atomic E-state index is 6.06. The van der Waals surface area contributed by atoms with E-state index >= 15 is 0 Å². The largest absolute Gasteiger partial charge is 0.490 e. The highest BCUT2D eigenvalue weighted by atomic mass is 16.5. The lowest BCUT2D eigenvalue weighted by molar-refractivity contribution is 0.268. The van der Waals surface area contributed by atoms with Crippen molar-refractivity contribution < 1.29 is 9.47 Å². The van der Waals surface area contributed by atoms with Gasteiger partial charge in [0, 0.05) is 12.2 Å². The fraction of sp³-hybridized carbons (Fsp3) is 0.280. The maximum absolute atomic E-state index is 6.06. The molecule has 0 radical (unpaired) electrons. The van der Waals surface area contributed by atoms with Gasteiger partial charge in [-0.2, -0.15) is 0 Å². The summed E-state index contributed by atoms with van der Waals surface area (Å²) >= 11 is 0. The van der Waals surface area contributed by atoms with E-state index in [2.05, 4.69) is 68.6 Å². The molecule has 146 valence electrons. The molecule has 0 aliphatic carbocycles. The monoisotopic (exact) mass is 375 g/mol. The van der Waals surface area contributed by atoms with Crippen LogP contribution < -0.4 is 14.8 Å². The Morgan fingerprint density at radius 3 is 2.32 bits per heavy atom. The molecule has 0 saturated carbocycles. The molecule has 0 spiro atoms. The van der Waals surface area contributed by atoms with Crippen LogP contribution in [0.2, 0.25) is 0 Å². The first-order valence-corrected chi connectivity index (χ1v) is 9.81. The Kier molecular flexibility index (Phi) is 6.59. The number of hydrogen-bond acceptors (Lipinski definition) is 3. The van der Waals surface area contributed by atoms with Crippen LogP contribution in [0.4, 0.5) is 5.69 Å². The lowest BCUT2D eigenvalue weighted by Crippen LogP contribution is -2.04. The first-order valence-electron chi connectivity index (χ1n) is 9.81. The van der Waals surface area contributed by atoms with Gasteiger partial charge in [-0.1, -0.05) is 36.4 Å². The molecule has 28 heavy (non-hydrogen) atoms. The Hall–Kier alpha value is -2.94. The highest BCUT2D eigenvalue weighted by Gasteiger charge is 2.08. The molecule has 3 aromatic rings. The topological polar surface area (TPSA) is 30.5 Å². The van der Waals surface area contributed by atoms with Gasteiger partial charge in [0.05, 0.1) is 6.61 Å². The van der Waals surface area contributed by atoms with Crippen LogP contribution in [-0.4, -0.2) is 6.61 Å². The van der Waals surface area contributed by atoms with E-state index in [0.29, 0.717) is 13.2 Å². The third kappa shape index (κ3) is 5.07. The molecule has 3 aromatic carbocycles. The van der Waals surface area contributed by atoms with E-state index in [1.54, 1.807) is 0 Å². The Morgan fingerprint density at radius 1 is 0.750 bits per heavy atom. The molecule has 0 bridgehead atoms. The standard InChI is InChI=1S/C25H29NO2/c1-5-27-25-15-21(16-26-23-12-10-18(2)20(4)14-23)11-13-24(25)28-17-22-9-7-6-8-19(22)3/h6-15,26H,5,16-17H2,1-4H3. The highest BCUT2D eigenvalue weighted by Crippen LogP contribution is 2.30. The highest BCUT2D eigenvalue weighted by molar-refractivity contribution is 5.50. The molecule has 0 heterocycles. The van der Waals surface area contributed by atoms with Crippen LogP contribution in [0.15, 0.2) is 60.7 Å². The molecule has 3 heteroatoms. The Bertz CT molecular complexity index is 934. The Balaban J connectivity index is 1.69.